The predicted molar refractivity (Wildman–Crippen MR) is 115 cm³/mol. The number of carboxylic acid groups (broad SMARTS) is 1. The molecule has 0 aromatic heterocycles. The summed E-state index contributed by atoms with van der Waals surface area (Å²) in [6.45, 7) is 4.84. The van der Waals surface area contributed by atoms with Crippen LogP contribution in [0, 0.1) is 0 Å². The number of hydrogen-bond acceptors (Lipinski definition) is 9. The lowest BCUT2D eigenvalue weighted by Gasteiger charge is -2.30. The highest BCUT2D eigenvalue weighted by Gasteiger charge is 2.49. The van der Waals surface area contributed by atoms with Crippen LogP contribution in [0.1, 0.15) is 44.7 Å². The maximum absolute atomic E-state index is 13.7. The lowest BCUT2D eigenvalue weighted by molar-refractivity contribution is -0.355. The molecule has 0 amide bonds. The average Bonchev–Trinajstić information content (AvgIpc) is 3.24. The van der Waals surface area contributed by atoms with Crippen molar-refractivity contribution in [2.75, 3.05) is 13.3 Å². The van der Waals surface area contributed by atoms with E-state index in [2.05, 4.69) is 0 Å². The fourth-order valence-electron chi connectivity index (χ4n) is 3.73. The molecule has 10 nitrogen and oxygen atoms in total. The van der Waals surface area contributed by atoms with Gasteiger partial charge < -0.3 is 14.6 Å². The summed E-state index contributed by atoms with van der Waals surface area (Å²) in [5, 5.41) is 20.6. The number of rotatable bonds is 7. The third kappa shape index (κ3) is 6.23. The van der Waals surface area contributed by atoms with Gasteiger partial charge in [0.25, 0.3) is 0 Å². The molecule has 1 aromatic rings. The van der Waals surface area contributed by atoms with E-state index in [-0.39, 0.29) is 23.1 Å². The van der Waals surface area contributed by atoms with Gasteiger partial charge in [-0.25, -0.2) is 9.63 Å². The van der Waals surface area contributed by atoms with E-state index in [1.54, 1.807) is 0 Å². The first-order valence-corrected chi connectivity index (χ1v) is 10.9. The van der Waals surface area contributed by atoms with Gasteiger partial charge in [-0.3, -0.25) is 10.0 Å². The van der Waals surface area contributed by atoms with Crippen molar-refractivity contribution in [3.8, 4) is 5.75 Å². The molecule has 0 saturated carbocycles. The molecular formula is C21H25ClF3N3O7. The van der Waals surface area contributed by atoms with Gasteiger partial charge in [-0.2, -0.15) is 18.2 Å². The Morgan fingerprint density at radius 2 is 2.00 bits per heavy atom. The van der Waals surface area contributed by atoms with Crippen LogP contribution in [0.5, 0.6) is 5.75 Å². The summed E-state index contributed by atoms with van der Waals surface area (Å²) in [6.07, 6.45) is -5.73. The van der Waals surface area contributed by atoms with Crippen molar-refractivity contribution in [3.63, 3.8) is 0 Å². The first-order valence-electron chi connectivity index (χ1n) is 10.5. The van der Waals surface area contributed by atoms with E-state index in [0.717, 1.165) is 11.1 Å². The number of nitrogens with zero attached hydrogens (tertiary/aromatic N) is 2. The van der Waals surface area contributed by atoms with E-state index in [4.69, 9.17) is 31.0 Å². The van der Waals surface area contributed by atoms with Gasteiger partial charge in [0.1, 0.15) is 11.8 Å². The zero-order chi connectivity index (χ0) is 26.1. The summed E-state index contributed by atoms with van der Waals surface area (Å²) in [6, 6.07) is 1.83. The summed E-state index contributed by atoms with van der Waals surface area (Å²) in [5.74, 6) is -2.61. The molecule has 2 atom stereocenters. The number of nitrogens with one attached hydrogen (secondary N) is 1. The first kappa shape index (κ1) is 27.2. The minimum Gasteiger partial charge on any atom is -0.480 e. The Kier molecular flexibility index (Phi) is 7.99. The lowest BCUT2D eigenvalue weighted by Crippen LogP contribution is -2.53. The van der Waals surface area contributed by atoms with Crippen LogP contribution in [-0.2, 0) is 24.6 Å². The molecule has 194 valence electrons. The highest BCUT2D eigenvalue weighted by atomic mass is 35.5. The number of esters is 1. The summed E-state index contributed by atoms with van der Waals surface area (Å²) < 4.78 is 51.0. The number of carboxylic acids is 1. The van der Waals surface area contributed by atoms with Crippen molar-refractivity contribution >= 4 is 29.6 Å². The van der Waals surface area contributed by atoms with E-state index in [0.29, 0.717) is 23.4 Å². The van der Waals surface area contributed by atoms with Gasteiger partial charge in [-0.15, -0.1) is 0 Å². The monoisotopic (exact) mass is 523 g/mol. The highest BCUT2D eigenvalue weighted by molar-refractivity contribution is 6.31. The Bertz CT molecular complexity index is 1010. The largest absolute Gasteiger partial charge is 0.480 e. The van der Waals surface area contributed by atoms with Gasteiger partial charge in [-0.1, -0.05) is 38.0 Å². The summed E-state index contributed by atoms with van der Waals surface area (Å²) in [5.41, 5.74) is 1.40. The first-order chi connectivity index (χ1) is 16.2. The fraction of sp³-hybridized carbons (Fsp3) is 0.524. The topological polar surface area (TPSA) is 121 Å². The summed E-state index contributed by atoms with van der Waals surface area (Å²) in [4.78, 5) is 28.3. The van der Waals surface area contributed by atoms with Crippen LogP contribution in [0.3, 0.4) is 0 Å². The van der Waals surface area contributed by atoms with E-state index in [1.165, 1.54) is 12.1 Å². The predicted octanol–water partition coefficient (Wildman–Crippen LogP) is 3.44. The zero-order valence-electron chi connectivity index (χ0n) is 19.1. The van der Waals surface area contributed by atoms with Crippen LogP contribution in [0.2, 0.25) is 5.02 Å². The summed E-state index contributed by atoms with van der Waals surface area (Å²) in [7, 11) is 0. The lowest BCUT2D eigenvalue weighted by atomic mass is 9.85. The number of fused-ring (bicyclic) bond motifs is 1. The standard InChI is InChI=1S/C21H25ClF3N3O7/c1-20(2,3)13-9-16-11(8-14(13)22)7-12(17(35-16)21(23,24)25)19(31)33-10-34-26-28(32)27-6-4-5-15(27)18(29)30/h7-9,15,17,26,32H,4-6,10H2,1-3H3,(H,29,30)/t15-,17-/m0/s1. The van der Waals surface area contributed by atoms with E-state index < -0.39 is 48.0 Å². The minimum absolute atomic E-state index is 0.0781. The van der Waals surface area contributed by atoms with E-state index in [1.807, 2.05) is 26.4 Å². The van der Waals surface area contributed by atoms with Crippen molar-refractivity contribution in [1.82, 2.24) is 15.9 Å². The number of aliphatic carboxylic acids is 1. The second-order valence-corrected chi connectivity index (χ2v) is 9.40. The van der Waals surface area contributed by atoms with Gasteiger partial charge in [0.15, 0.2) is 0 Å². The molecule has 3 rings (SSSR count). The second-order valence-electron chi connectivity index (χ2n) is 8.99. The smallest absolute Gasteiger partial charge is 0.430 e. The Morgan fingerprint density at radius 3 is 2.60 bits per heavy atom. The van der Waals surface area contributed by atoms with Crippen molar-refractivity contribution in [1.29, 1.82) is 0 Å². The fourth-order valence-corrected chi connectivity index (χ4v) is 4.19. The number of halogens is 4. The maximum Gasteiger partial charge on any atom is 0.430 e. The zero-order valence-corrected chi connectivity index (χ0v) is 19.8. The Balaban J connectivity index is 1.69. The SMILES string of the molecule is CC(C)(C)c1cc2c(cc1Cl)C=C(C(=O)OCONN(O)N1CCC[C@H]1C(=O)O)[C@@H](C(F)(F)F)O2. The Labute approximate surface area is 203 Å². The molecule has 1 saturated heterocycles. The van der Waals surface area contributed by atoms with Gasteiger partial charge in [-0.05, 0) is 47.3 Å². The number of hydrazine groups is 2. The quantitative estimate of drug-likeness (QED) is 0.212. The van der Waals surface area contributed by atoms with Crippen LogP contribution in [-0.4, -0.2) is 64.2 Å². The number of ether oxygens (including phenoxy) is 2. The highest BCUT2D eigenvalue weighted by Crippen LogP contribution is 2.42. The third-order valence-electron chi connectivity index (χ3n) is 5.43. The number of hydrogen-bond donors (Lipinski definition) is 3. The normalized spacial score (nSPS) is 20.9. The Morgan fingerprint density at radius 1 is 1.31 bits per heavy atom. The van der Waals surface area contributed by atoms with Crippen LogP contribution in [0.15, 0.2) is 17.7 Å². The minimum atomic E-state index is -4.92. The van der Waals surface area contributed by atoms with Crippen LogP contribution < -0.4 is 10.3 Å². The van der Waals surface area contributed by atoms with Gasteiger partial charge in [0, 0.05) is 17.1 Å². The Hall–Kier alpha value is -2.42. The average molecular weight is 524 g/mol. The molecule has 2 aliphatic rings. The molecular weight excluding hydrogens is 499 g/mol. The number of alkyl halides is 3. The maximum atomic E-state index is 13.7. The molecule has 2 heterocycles. The summed E-state index contributed by atoms with van der Waals surface area (Å²) >= 11 is 6.29. The molecule has 1 aromatic carbocycles. The third-order valence-corrected chi connectivity index (χ3v) is 5.74. The van der Waals surface area contributed by atoms with Crippen molar-refractivity contribution in [3.05, 3.63) is 33.9 Å². The molecule has 35 heavy (non-hydrogen) atoms. The van der Waals surface area contributed by atoms with E-state index >= 15 is 0 Å². The van der Waals surface area contributed by atoms with Crippen molar-refractivity contribution in [2.45, 2.75) is 57.3 Å². The molecule has 3 N–H and O–H groups in total. The molecule has 0 spiro atoms. The van der Waals surface area contributed by atoms with Crippen LogP contribution in [0.25, 0.3) is 6.08 Å². The molecule has 14 heteroatoms. The number of carbonyl (C=O) groups is 2. The second kappa shape index (κ2) is 10.3. The van der Waals surface area contributed by atoms with Crippen LogP contribution >= 0.6 is 11.6 Å². The van der Waals surface area contributed by atoms with Crippen molar-refractivity contribution < 1.29 is 47.4 Å². The molecule has 0 bridgehead atoms. The molecule has 0 unspecified atom stereocenters. The molecule has 2 aliphatic heterocycles. The van der Waals surface area contributed by atoms with Gasteiger partial charge in [0.2, 0.25) is 12.9 Å². The molecule has 0 radical (unpaired) electrons. The van der Waals surface area contributed by atoms with Gasteiger partial charge in [0.05, 0.1) is 5.57 Å². The van der Waals surface area contributed by atoms with Gasteiger partial charge >= 0.3 is 18.1 Å². The number of benzene rings is 1. The van der Waals surface area contributed by atoms with Crippen LogP contribution in [0.4, 0.5) is 13.2 Å². The molecule has 1 fully saturated rings. The van der Waals surface area contributed by atoms with Crippen molar-refractivity contribution in [2.24, 2.45) is 0 Å². The van der Waals surface area contributed by atoms with E-state index in [9.17, 15) is 28.0 Å². The molecule has 0 aliphatic carbocycles. The number of carbonyl (C=O) groups excluding carboxylic acids is 1.